The highest BCUT2D eigenvalue weighted by atomic mass is 32.1. The number of nitrogens with two attached hydrogens (primary N) is 1. The molecule has 116 valence electrons. The highest BCUT2D eigenvalue weighted by molar-refractivity contribution is 7.15. The highest BCUT2D eigenvalue weighted by Crippen LogP contribution is 2.34. The van der Waals surface area contributed by atoms with Crippen molar-refractivity contribution in [1.82, 2.24) is 4.98 Å². The van der Waals surface area contributed by atoms with E-state index in [4.69, 9.17) is 5.73 Å². The van der Waals surface area contributed by atoms with Gasteiger partial charge in [0.25, 0.3) is 0 Å². The number of thiazole rings is 1. The highest BCUT2D eigenvalue weighted by Gasteiger charge is 2.38. The van der Waals surface area contributed by atoms with Crippen LogP contribution in [0.5, 0.6) is 0 Å². The van der Waals surface area contributed by atoms with Gasteiger partial charge in [0.2, 0.25) is 5.91 Å². The van der Waals surface area contributed by atoms with E-state index in [1.165, 1.54) is 29.8 Å². The number of fused-ring (bicyclic) bond motifs is 1. The van der Waals surface area contributed by atoms with Crippen LogP contribution in [-0.2, 0) is 17.6 Å². The van der Waals surface area contributed by atoms with Crippen LogP contribution in [-0.4, -0.2) is 16.4 Å². The normalized spacial score (nSPS) is 29.5. The summed E-state index contributed by atoms with van der Waals surface area (Å²) >= 11 is 1.66. The first-order valence-electron chi connectivity index (χ1n) is 8.14. The van der Waals surface area contributed by atoms with E-state index in [0.29, 0.717) is 0 Å². The molecule has 2 aliphatic rings. The zero-order valence-electron chi connectivity index (χ0n) is 12.8. The lowest BCUT2D eigenvalue weighted by Crippen LogP contribution is -2.51. The molecule has 4 nitrogen and oxygen atoms in total. The van der Waals surface area contributed by atoms with E-state index in [0.717, 1.165) is 43.7 Å². The molecular formula is C16H25N3OS. The van der Waals surface area contributed by atoms with Gasteiger partial charge in [-0.15, -0.1) is 11.3 Å². The second-order valence-electron chi connectivity index (χ2n) is 6.74. The molecule has 1 aromatic rings. The van der Waals surface area contributed by atoms with Gasteiger partial charge in [0.15, 0.2) is 5.13 Å². The van der Waals surface area contributed by atoms with Gasteiger partial charge in [-0.1, -0.05) is 19.3 Å². The SMILES string of the molecule is CC1(N)CCCCC1C(=O)Nc1nc2c(s1)CCCCC2. The number of carbonyl (C=O) groups excluding carboxylic acids is 1. The van der Waals surface area contributed by atoms with Crippen molar-refractivity contribution in [1.29, 1.82) is 0 Å². The summed E-state index contributed by atoms with van der Waals surface area (Å²) in [6.45, 7) is 2.01. The summed E-state index contributed by atoms with van der Waals surface area (Å²) in [5.41, 5.74) is 7.14. The number of aromatic nitrogens is 1. The molecule has 0 spiro atoms. The van der Waals surface area contributed by atoms with E-state index in [1.54, 1.807) is 11.3 Å². The Morgan fingerprint density at radius 2 is 2.10 bits per heavy atom. The minimum atomic E-state index is -0.378. The number of nitrogens with zero attached hydrogens (tertiary/aromatic N) is 1. The molecule has 1 aromatic heterocycles. The van der Waals surface area contributed by atoms with Crippen molar-refractivity contribution in [2.45, 2.75) is 70.3 Å². The van der Waals surface area contributed by atoms with Crippen LogP contribution < -0.4 is 11.1 Å². The van der Waals surface area contributed by atoms with E-state index in [2.05, 4.69) is 10.3 Å². The summed E-state index contributed by atoms with van der Waals surface area (Å²) in [7, 11) is 0. The van der Waals surface area contributed by atoms with E-state index >= 15 is 0 Å². The largest absolute Gasteiger partial charge is 0.325 e. The lowest BCUT2D eigenvalue weighted by Gasteiger charge is -2.36. The Bertz CT molecular complexity index is 500. The Kier molecular flexibility index (Phi) is 4.31. The molecule has 0 saturated heterocycles. The van der Waals surface area contributed by atoms with Crippen molar-refractivity contribution in [2.75, 3.05) is 5.32 Å². The van der Waals surface area contributed by atoms with Crippen LogP contribution in [0.1, 0.15) is 62.4 Å². The van der Waals surface area contributed by atoms with Crippen molar-refractivity contribution in [3.63, 3.8) is 0 Å². The molecular weight excluding hydrogens is 282 g/mol. The maximum atomic E-state index is 12.5. The molecule has 2 unspecified atom stereocenters. The van der Waals surface area contributed by atoms with Crippen LogP contribution in [0, 0.1) is 5.92 Å². The van der Waals surface area contributed by atoms with Gasteiger partial charge in [0.1, 0.15) is 0 Å². The van der Waals surface area contributed by atoms with Gasteiger partial charge in [0, 0.05) is 10.4 Å². The number of carbonyl (C=O) groups is 1. The molecule has 2 atom stereocenters. The van der Waals surface area contributed by atoms with Gasteiger partial charge < -0.3 is 11.1 Å². The number of nitrogens with one attached hydrogen (secondary N) is 1. The third-order valence-electron chi connectivity index (χ3n) is 4.90. The van der Waals surface area contributed by atoms with E-state index in [1.807, 2.05) is 6.92 Å². The fourth-order valence-electron chi connectivity index (χ4n) is 3.56. The number of anilines is 1. The maximum absolute atomic E-state index is 12.5. The fraction of sp³-hybridized carbons (Fsp3) is 0.750. The van der Waals surface area contributed by atoms with Gasteiger partial charge in [-0.3, -0.25) is 4.79 Å². The van der Waals surface area contributed by atoms with Crippen LogP contribution >= 0.6 is 11.3 Å². The van der Waals surface area contributed by atoms with E-state index in [9.17, 15) is 4.79 Å². The van der Waals surface area contributed by atoms with Crippen LogP contribution in [0.2, 0.25) is 0 Å². The van der Waals surface area contributed by atoms with Gasteiger partial charge in [-0.05, 0) is 45.4 Å². The summed E-state index contributed by atoms with van der Waals surface area (Å²) < 4.78 is 0. The predicted molar refractivity (Wildman–Crippen MR) is 86.6 cm³/mol. The fourth-order valence-corrected chi connectivity index (χ4v) is 4.62. The van der Waals surface area contributed by atoms with Gasteiger partial charge in [0.05, 0.1) is 11.6 Å². The Morgan fingerprint density at radius 3 is 2.90 bits per heavy atom. The molecule has 1 saturated carbocycles. The molecule has 5 heteroatoms. The van der Waals surface area contributed by atoms with Crippen LogP contribution in [0.3, 0.4) is 0 Å². The zero-order valence-corrected chi connectivity index (χ0v) is 13.6. The van der Waals surface area contributed by atoms with E-state index < -0.39 is 0 Å². The summed E-state index contributed by atoms with van der Waals surface area (Å²) in [6, 6.07) is 0. The molecule has 3 N–H and O–H groups in total. The topological polar surface area (TPSA) is 68.0 Å². The molecule has 2 aliphatic carbocycles. The minimum Gasteiger partial charge on any atom is -0.325 e. The standard InChI is InChI=1S/C16H25N3OS/c1-16(17)10-6-5-7-11(16)14(20)19-15-18-12-8-3-2-4-9-13(12)21-15/h11H,2-10,17H2,1H3,(H,18,19,20). The van der Waals surface area contributed by atoms with Crippen LogP contribution in [0.25, 0.3) is 0 Å². The Balaban J connectivity index is 1.70. The first-order chi connectivity index (χ1) is 10.1. The summed E-state index contributed by atoms with van der Waals surface area (Å²) in [5, 5.41) is 3.80. The molecule has 1 heterocycles. The third kappa shape index (κ3) is 3.29. The maximum Gasteiger partial charge on any atom is 0.231 e. The van der Waals surface area contributed by atoms with Gasteiger partial charge >= 0.3 is 0 Å². The molecule has 0 radical (unpaired) electrons. The van der Waals surface area contributed by atoms with Crippen molar-refractivity contribution in [3.05, 3.63) is 10.6 Å². The molecule has 21 heavy (non-hydrogen) atoms. The summed E-state index contributed by atoms with van der Waals surface area (Å²) in [4.78, 5) is 18.5. The first kappa shape index (κ1) is 15.0. The zero-order chi connectivity index (χ0) is 14.9. The predicted octanol–water partition coefficient (Wildman–Crippen LogP) is 3.26. The molecule has 1 amide bonds. The Morgan fingerprint density at radius 1 is 1.29 bits per heavy atom. The Hall–Kier alpha value is -0.940. The Labute approximate surface area is 130 Å². The number of amides is 1. The first-order valence-corrected chi connectivity index (χ1v) is 8.96. The number of hydrogen-bond donors (Lipinski definition) is 2. The third-order valence-corrected chi connectivity index (χ3v) is 5.97. The van der Waals surface area contributed by atoms with Crippen molar-refractivity contribution in [2.24, 2.45) is 11.7 Å². The van der Waals surface area contributed by atoms with Gasteiger partial charge in [-0.25, -0.2) is 4.98 Å². The van der Waals surface area contributed by atoms with Crippen LogP contribution in [0.4, 0.5) is 5.13 Å². The minimum absolute atomic E-state index is 0.0589. The molecule has 0 bridgehead atoms. The summed E-state index contributed by atoms with van der Waals surface area (Å²) in [6.07, 6.45) is 9.96. The molecule has 3 rings (SSSR count). The van der Waals surface area contributed by atoms with E-state index in [-0.39, 0.29) is 17.4 Å². The number of hydrogen-bond acceptors (Lipinski definition) is 4. The second-order valence-corrected chi connectivity index (χ2v) is 7.83. The number of aryl methyl sites for hydroxylation is 2. The van der Waals surface area contributed by atoms with Crippen molar-refractivity contribution < 1.29 is 4.79 Å². The van der Waals surface area contributed by atoms with Gasteiger partial charge in [-0.2, -0.15) is 0 Å². The molecule has 0 aliphatic heterocycles. The lowest BCUT2D eigenvalue weighted by molar-refractivity contribution is -0.122. The quantitative estimate of drug-likeness (QED) is 0.824. The monoisotopic (exact) mass is 307 g/mol. The molecule has 0 aromatic carbocycles. The smallest absolute Gasteiger partial charge is 0.231 e. The van der Waals surface area contributed by atoms with Crippen molar-refractivity contribution >= 4 is 22.4 Å². The van der Waals surface area contributed by atoms with Crippen LogP contribution in [0.15, 0.2) is 0 Å². The lowest BCUT2D eigenvalue weighted by atomic mass is 9.74. The van der Waals surface area contributed by atoms with Crippen molar-refractivity contribution in [3.8, 4) is 0 Å². The average Bonchev–Trinajstić information content (AvgIpc) is 2.67. The number of rotatable bonds is 2. The second kappa shape index (κ2) is 6.05. The average molecular weight is 307 g/mol. The summed E-state index contributed by atoms with van der Waals surface area (Å²) in [5.74, 6) is -0.0291. The molecule has 1 fully saturated rings.